The lowest BCUT2D eigenvalue weighted by molar-refractivity contribution is -0.134. The Kier molecular flexibility index (Phi) is 4.66. The van der Waals surface area contributed by atoms with Crippen molar-refractivity contribution in [1.29, 1.82) is 0 Å². The van der Waals surface area contributed by atoms with Crippen LogP contribution in [0, 0.1) is 0 Å². The van der Waals surface area contributed by atoms with E-state index in [9.17, 15) is 9.59 Å². The molecule has 0 bridgehead atoms. The molecule has 0 aromatic heterocycles. The van der Waals surface area contributed by atoms with Crippen LogP contribution in [0.4, 0.5) is 5.69 Å². The van der Waals surface area contributed by atoms with Crippen LogP contribution in [0.3, 0.4) is 0 Å². The molecule has 1 saturated heterocycles. The predicted octanol–water partition coefficient (Wildman–Crippen LogP) is 1.56. The number of amides is 2. The summed E-state index contributed by atoms with van der Waals surface area (Å²) in [5, 5.41) is 3.38. The molecule has 2 aliphatic rings. The van der Waals surface area contributed by atoms with Crippen molar-refractivity contribution in [3.05, 3.63) is 29.8 Å². The Balaban J connectivity index is 1.66. The van der Waals surface area contributed by atoms with Gasteiger partial charge in [-0.25, -0.2) is 0 Å². The molecule has 0 aliphatic carbocycles. The van der Waals surface area contributed by atoms with E-state index in [4.69, 9.17) is 0 Å². The van der Waals surface area contributed by atoms with Gasteiger partial charge in [0, 0.05) is 50.2 Å². The average Bonchev–Trinajstić information content (AvgIpc) is 2.56. The van der Waals surface area contributed by atoms with Gasteiger partial charge in [-0.15, -0.1) is 0 Å². The van der Waals surface area contributed by atoms with Crippen molar-refractivity contribution in [2.24, 2.45) is 0 Å². The van der Waals surface area contributed by atoms with Crippen LogP contribution in [0.25, 0.3) is 0 Å². The Bertz CT molecular complexity index is 602. The van der Waals surface area contributed by atoms with E-state index in [1.165, 1.54) is 5.56 Å². The SMILES string of the molecule is CC1NCCN(C(=O)CCN2C(=O)CCc3ccccc32)C1C. The molecule has 1 N–H and O–H groups in total. The number of carbonyl (C=O) groups is 2. The van der Waals surface area contributed by atoms with Crippen molar-refractivity contribution < 1.29 is 9.59 Å². The van der Waals surface area contributed by atoms with Crippen LogP contribution >= 0.6 is 0 Å². The molecule has 1 fully saturated rings. The van der Waals surface area contributed by atoms with Crippen LogP contribution in [-0.2, 0) is 16.0 Å². The van der Waals surface area contributed by atoms with Gasteiger partial charge in [0.25, 0.3) is 0 Å². The van der Waals surface area contributed by atoms with E-state index < -0.39 is 0 Å². The number of benzene rings is 1. The Morgan fingerprint density at radius 3 is 2.87 bits per heavy atom. The van der Waals surface area contributed by atoms with Gasteiger partial charge in [0.1, 0.15) is 0 Å². The minimum absolute atomic E-state index is 0.123. The van der Waals surface area contributed by atoms with Crippen LogP contribution in [0.5, 0.6) is 0 Å². The van der Waals surface area contributed by atoms with Crippen LogP contribution in [-0.4, -0.2) is 48.4 Å². The molecule has 2 aliphatic heterocycles. The Hall–Kier alpha value is -1.88. The molecule has 0 saturated carbocycles. The molecule has 124 valence electrons. The number of aryl methyl sites for hydroxylation is 1. The second-order valence-electron chi connectivity index (χ2n) is 6.49. The Morgan fingerprint density at radius 2 is 2.04 bits per heavy atom. The molecule has 3 rings (SSSR count). The number of hydrogen-bond donors (Lipinski definition) is 1. The fourth-order valence-corrected chi connectivity index (χ4v) is 3.50. The van der Waals surface area contributed by atoms with Gasteiger partial charge in [-0.3, -0.25) is 9.59 Å². The zero-order chi connectivity index (χ0) is 16.4. The van der Waals surface area contributed by atoms with Crippen molar-refractivity contribution in [3.63, 3.8) is 0 Å². The predicted molar refractivity (Wildman–Crippen MR) is 90.4 cm³/mol. The highest BCUT2D eigenvalue weighted by Crippen LogP contribution is 2.27. The van der Waals surface area contributed by atoms with Crippen molar-refractivity contribution in [3.8, 4) is 0 Å². The third-order valence-corrected chi connectivity index (χ3v) is 5.10. The quantitative estimate of drug-likeness (QED) is 0.921. The number of fused-ring (bicyclic) bond motifs is 1. The molecule has 2 heterocycles. The molecule has 23 heavy (non-hydrogen) atoms. The largest absolute Gasteiger partial charge is 0.337 e. The van der Waals surface area contributed by atoms with Gasteiger partial charge >= 0.3 is 0 Å². The van der Waals surface area contributed by atoms with Gasteiger partial charge in [-0.2, -0.15) is 0 Å². The highest BCUT2D eigenvalue weighted by Gasteiger charge is 2.29. The first-order chi connectivity index (χ1) is 11.1. The molecule has 2 amide bonds. The number of nitrogens with one attached hydrogen (secondary N) is 1. The van der Waals surface area contributed by atoms with Gasteiger partial charge in [-0.05, 0) is 31.9 Å². The first-order valence-electron chi connectivity index (χ1n) is 8.49. The van der Waals surface area contributed by atoms with Gasteiger partial charge in [0.15, 0.2) is 0 Å². The number of carbonyl (C=O) groups excluding carboxylic acids is 2. The summed E-state index contributed by atoms with van der Waals surface area (Å²) in [4.78, 5) is 28.6. The maximum atomic E-state index is 12.6. The molecule has 1 aromatic rings. The van der Waals surface area contributed by atoms with E-state index in [2.05, 4.69) is 25.2 Å². The van der Waals surface area contributed by atoms with Gasteiger partial charge in [-0.1, -0.05) is 18.2 Å². The minimum atomic E-state index is 0.123. The van der Waals surface area contributed by atoms with Crippen molar-refractivity contribution >= 4 is 17.5 Å². The number of hydrogen-bond acceptors (Lipinski definition) is 3. The molecule has 5 nitrogen and oxygen atoms in total. The third-order valence-electron chi connectivity index (χ3n) is 5.10. The van der Waals surface area contributed by atoms with E-state index in [1.54, 1.807) is 4.90 Å². The average molecular weight is 315 g/mol. The molecule has 0 radical (unpaired) electrons. The first-order valence-corrected chi connectivity index (χ1v) is 8.49. The number of anilines is 1. The lowest BCUT2D eigenvalue weighted by Gasteiger charge is -2.39. The molecular weight excluding hydrogens is 290 g/mol. The number of nitrogens with zero attached hydrogens (tertiary/aromatic N) is 2. The van der Waals surface area contributed by atoms with E-state index >= 15 is 0 Å². The van der Waals surface area contributed by atoms with E-state index in [0.29, 0.717) is 25.4 Å². The zero-order valence-electron chi connectivity index (χ0n) is 13.9. The molecule has 2 unspecified atom stereocenters. The lowest BCUT2D eigenvalue weighted by atomic mass is 10.0. The standard InChI is InChI=1S/C18H25N3O2/c1-13-14(2)20(12-10-19-13)18(23)9-11-21-16-6-4-3-5-15(16)7-8-17(21)22/h3-6,13-14,19H,7-12H2,1-2H3. The maximum absolute atomic E-state index is 12.6. The zero-order valence-corrected chi connectivity index (χ0v) is 13.9. The normalized spacial score (nSPS) is 24.5. The van der Waals surface area contributed by atoms with Crippen molar-refractivity contribution in [2.75, 3.05) is 24.5 Å². The molecule has 1 aromatic carbocycles. The highest BCUT2D eigenvalue weighted by molar-refractivity contribution is 5.97. The summed E-state index contributed by atoms with van der Waals surface area (Å²) in [5.41, 5.74) is 2.17. The Labute approximate surface area is 137 Å². The molecule has 0 spiro atoms. The number of piperazine rings is 1. The molecule has 5 heteroatoms. The first kappa shape index (κ1) is 16.0. The minimum Gasteiger partial charge on any atom is -0.337 e. The fraction of sp³-hybridized carbons (Fsp3) is 0.556. The summed E-state index contributed by atoms with van der Waals surface area (Å²) in [6, 6.07) is 8.50. The number of rotatable bonds is 3. The Morgan fingerprint density at radius 1 is 1.26 bits per heavy atom. The summed E-state index contributed by atoms with van der Waals surface area (Å²) >= 11 is 0. The summed E-state index contributed by atoms with van der Waals surface area (Å²) in [5.74, 6) is 0.264. The second-order valence-corrected chi connectivity index (χ2v) is 6.49. The molecule has 2 atom stereocenters. The van der Waals surface area contributed by atoms with Crippen LogP contribution in [0.15, 0.2) is 24.3 Å². The van der Waals surface area contributed by atoms with Crippen LogP contribution < -0.4 is 10.2 Å². The van der Waals surface area contributed by atoms with Crippen LogP contribution in [0.2, 0.25) is 0 Å². The summed E-state index contributed by atoms with van der Waals surface area (Å²) in [6.07, 6.45) is 1.72. The van der Waals surface area contributed by atoms with E-state index in [0.717, 1.165) is 25.2 Å². The van der Waals surface area contributed by atoms with E-state index in [1.807, 2.05) is 23.1 Å². The van der Waals surface area contributed by atoms with Gasteiger partial charge < -0.3 is 15.1 Å². The summed E-state index contributed by atoms with van der Waals surface area (Å²) in [7, 11) is 0. The third kappa shape index (κ3) is 3.24. The molecular formula is C18H25N3O2. The van der Waals surface area contributed by atoms with E-state index in [-0.39, 0.29) is 17.9 Å². The summed E-state index contributed by atoms with van der Waals surface area (Å²) < 4.78 is 0. The highest BCUT2D eigenvalue weighted by atomic mass is 16.2. The lowest BCUT2D eigenvalue weighted by Crippen LogP contribution is -2.57. The smallest absolute Gasteiger partial charge is 0.227 e. The van der Waals surface area contributed by atoms with Gasteiger partial charge in [0.2, 0.25) is 11.8 Å². The van der Waals surface area contributed by atoms with Crippen molar-refractivity contribution in [2.45, 2.75) is 45.2 Å². The van der Waals surface area contributed by atoms with Crippen LogP contribution in [0.1, 0.15) is 32.3 Å². The number of para-hydroxylation sites is 1. The second kappa shape index (κ2) is 6.71. The topological polar surface area (TPSA) is 52.7 Å². The van der Waals surface area contributed by atoms with Crippen molar-refractivity contribution in [1.82, 2.24) is 10.2 Å². The monoisotopic (exact) mass is 315 g/mol. The van der Waals surface area contributed by atoms with Gasteiger partial charge in [0.05, 0.1) is 0 Å². The maximum Gasteiger partial charge on any atom is 0.227 e. The fourth-order valence-electron chi connectivity index (χ4n) is 3.50. The summed E-state index contributed by atoms with van der Waals surface area (Å²) in [6.45, 7) is 6.24.